The van der Waals surface area contributed by atoms with Crippen LogP contribution in [0.5, 0.6) is 0 Å². The third kappa shape index (κ3) is 24.8. The SMILES string of the molecule is CCCCC/C=C/C/C=C/C/C=C/CCCCC(=O)OC[C@@H](CO[C@H]1O[C@@H](CO)[C@@H](O)C(O)C1O)OC(=O)CCCCCCC/C=C/CCCCC. The second-order valence-electron chi connectivity index (χ2n) is 13.7. The second kappa shape index (κ2) is 33.2. The lowest BCUT2D eigenvalue weighted by Crippen LogP contribution is -2.59. The van der Waals surface area contributed by atoms with Gasteiger partial charge in [-0.2, -0.15) is 0 Å². The maximum absolute atomic E-state index is 12.7. The topological polar surface area (TPSA) is 152 Å². The van der Waals surface area contributed by atoms with Crippen LogP contribution in [0.25, 0.3) is 0 Å². The molecule has 0 radical (unpaired) electrons. The Morgan fingerprint density at radius 1 is 0.596 bits per heavy atom. The zero-order valence-electron chi connectivity index (χ0n) is 32.3. The van der Waals surface area contributed by atoms with Crippen molar-refractivity contribution in [3.8, 4) is 0 Å². The number of hydrogen-bond acceptors (Lipinski definition) is 10. The Morgan fingerprint density at radius 2 is 1.08 bits per heavy atom. The smallest absolute Gasteiger partial charge is 0.306 e. The van der Waals surface area contributed by atoms with Gasteiger partial charge in [0.25, 0.3) is 0 Å². The summed E-state index contributed by atoms with van der Waals surface area (Å²) in [6.45, 7) is 3.29. The molecule has 1 fully saturated rings. The van der Waals surface area contributed by atoms with E-state index in [1.165, 1.54) is 38.5 Å². The van der Waals surface area contributed by atoms with Crippen LogP contribution in [-0.2, 0) is 28.5 Å². The summed E-state index contributed by atoms with van der Waals surface area (Å²) in [5, 5.41) is 39.9. The van der Waals surface area contributed by atoms with E-state index in [1.54, 1.807) is 0 Å². The molecule has 52 heavy (non-hydrogen) atoms. The summed E-state index contributed by atoms with van der Waals surface area (Å²) in [5.74, 6) is -0.867. The molecule has 300 valence electrons. The minimum Gasteiger partial charge on any atom is -0.462 e. The van der Waals surface area contributed by atoms with E-state index < -0.39 is 55.4 Å². The minimum absolute atomic E-state index is 0.210. The zero-order chi connectivity index (χ0) is 38.1. The first kappa shape index (κ1) is 47.7. The van der Waals surface area contributed by atoms with Crippen LogP contribution in [0.3, 0.4) is 0 Å². The van der Waals surface area contributed by atoms with E-state index >= 15 is 0 Å². The van der Waals surface area contributed by atoms with E-state index in [2.05, 4.69) is 62.5 Å². The molecule has 1 heterocycles. The average Bonchev–Trinajstić information content (AvgIpc) is 3.14. The number of unbranched alkanes of at least 4 members (excludes halogenated alkanes) is 13. The van der Waals surface area contributed by atoms with E-state index in [0.29, 0.717) is 12.8 Å². The fourth-order valence-corrected chi connectivity index (χ4v) is 5.66. The van der Waals surface area contributed by atoms with Crippen molar-refractivity contribution in [2.75, 3.05) is 19.8 Å². The Hall–Kier alpha value is -2.34. The van der Waals surface area contributed by atoms with E-state index in [9.17, 15) is 30.0 Å². The summed E-state index contributed by atoms with van der Waals surface area (Å²) < 4.78 is 22.0. The lowest BCUT2D eigenvalue weighted by Gasteiger charge is -2.39. The first-order valence-corrected chi connectivity index (χ1v) is 20.2. The summed E-state index contributed by atoms with van der Waals surface area (Å²) in [5.41, 5.74) is 0. The molecule has 0 aromatic heterocycles. The maximum atomic E-state index is 12.7. The Morgan fingerprint density at radius 3 is 1.67 bits per heavy atom. The van der Waals surface area contributed by atoms with Crippen LogP contribution in [0.4, 0.5) is 0 Å². The molecule has 10 heteroatoms. The van der Waals surface area contributed by atoms with Gasteiger partial charge in [0.15, 0.2) is 12.4 Å². The average molecular weight is 737 g/mol. The molecule has 6 atom stereocenters. The van der Waals surface area contributed by atoms with E-state index in [1.807, 2.05) is 0 Å². The van der Waals surface area contributed by atoms with Gasteiger partial charge >= 0.3 is 11.9 Å². The summed E-state index contributed by atoms with van der Waals surface area (Å²) >= 11 is 0. The molecule has 10 nitrogen and oxygen atoms in total. The molecule has 0 saturated carbocycles. The van der Waals surface area contributed by atoms with Crippen LogP contribution in [0.15, 0.2) is 48.6 Å². The van der Waals surface area contributed by atoms with Crippen molar-refractivity contribution in [2.24, 2.45) is 0 Å². The Balaban J connectivity index is 2.42. The number of ether oxygens (including phenoxy) is 4. The van der Waals surface area contributed by atoms with E-state index in [4.69, 9.17) is 18.9 Å². The molecule has 1 saturated heterocycles. The number of carbonyl (C=O) groups excluding carboxylic acids is 2. The van der Waals surface area contributed by atoms with Crippen molar-refractivity contribution >= 4 is 11.9 Å². The maximum Gasteiger partial charge on any atom is 0.306 e. The molecule has 1 rings (SSSR count). The van der Waals surface area contributed by atoms with Crippen LogP contribution in [-0.4, -0.2) is 89.0 Å². The van der Waals surface area contributed by atoms with Crippen LogP contribution in [0.2, 0.25) is 0 Å². The quantitative estimate of drug-likeness (QED) is 0.0307. The van der Waals surface area contributed by atoms with E-state index in [-0.39, 0.29) is 26.1 Å². The highest BCUT2D eigenvalue weighted by atomic mass is 16.7. The fourth-order valence-electron chi connectivity index (χ4n) is 5.66. The van der Waals surface area contributed by atoms with E-state index in [0.717, 1.165) is 70.6 Å². The summed E-state index contributed by atoms with van der Waals surface area (Å²) in [6.07, 6.45) is 29.8. The van der Waals surface area contributed by atoms with Gasteiger partial charge in [0.1, 0.15) is 31.0 Å². The Bertz CT molecular complexity index is 991. The van der Waals surface area contributed by atoms with Gasteiger partial charge in [-0.15, -0.1) is 0 Å². The van der Waals surface area contributed by atoms with Crippen LogP contribution in [0, 0.1) is 0 Å². The zero-order valence-corrected chi connectivity index (χ0v) is 32.3. The predicted octanol–water partition coefficient (Wildman–Crippen LogP) is 7.71. The number of allylic oxidation sites excluding steroid dienone is 8. The van der Waals surface area contributed by atoms with Gasteiger partial charge in [0.05, 0.1) is 13.2 Å². The molecule has 0 aliphatic carbocycles. The predicted molar refractivity (Wildman–Crippen MR) is 205 cm³/mol. The highest BCUT2D eigenvalue weighted by Crippen LogP contribution is 2.22. The van der Waals surface area contributed by atoms with Gasteiger partial charge in [-0.1, -0.05) is 107 Å². The van der Waals surface area contributed by atoms with Gasteiger partial charge in [0, 0.05) is 12.8 Å². The van der Waals surface area contributed by atoms with Crippen LogP contribution >= 0.6 is 0 Å². The lowest BCUT2D eigenvalue weighted by molar-refractivity contribution is -0.305. The highest BCUT2D eigenvalue weighted by Gasteiger charge is 2.44. The molecular formula is C42H72O10. The standard InChI is InChI=1S/C42H72O10/c1-3-5-7-9-11-13-15-17-18-19-21-22-24-26-28-30-37(44)49-33-35(34-50-42-41(48)40(47)39(46)36(32-43)52-42)51-38(45)31-29-27-25-23-20-16-14-12-10-8-6-4-2/h11-14,17-18,21-22,35-36,39-43,46-48H,3-10,15-16,19-20,23-34H2,1-2H3/b13-11+,14-12+,18-17+,22-21+/t35-,36-,39+,40?,41?,42-/m0/s1. The summed E-state index contributed by atoms with van der Waals surface area (Å²) in [6, 6.07) is 0. The number of esters is 2. The molecule has 0 spiro atoms. The van der Waals surface area contributed by atoms with Crippen molar-refractivity contribution in [3.63, 3.8) is 0 Å². The number of hydrogen-bond donors (Lipinski definition) is 4. The molecule has 0 aromatic rings. The minimum atomic E-state index is -1.60. The van der Waals surface area contributed by atoms with Crippen molar-refractivity contribution < 1.29 is 49.0 Å². The molecular weight excluding hydrogens is 664 g/mol. The molecule has 1 aliphatic rings. The lowest BCUT2D eigenvalue weighted by atomic mass is 9.99. The highest BCUT2D eigenvalue weighted by molar-refractivity contribution is 5.70. The number of carbonyl (C=O) groups is 2. The first-order valence-electron chi connectivity index (χ1n) is 20.2. The molecule has 1 aliphatic heterocycles. The third-order valence-corrected chi connectivity index (χ3v) is 8.94. The molecule has 0 amide bonds. The van der Waals surface area contributed by atoms with Crippen LogP contribution in [0.1, 0.15) is 149 Å². The first-order chi connectivity index (χ1) is 25.3. The number of aliphatic hydroxyl groups is 4. The molecule has 4 N–H and O–H groups in total. The number of rotatable bonds is 32. The van der Waals surface area contributed by atoms with Gasteiger partial charge in [-0.3, -0.25) is 9.59 Å². The molecule has 0 aromatic carbocycles. The van der Waals surface area contributed by atoms with Gasteiger partial charge in [-0.05, 0) is 77.0 Å². The number of aliphatic hydroxyl groups excluding tert-OH is 4. The van der Waals surface area contributed by atoms with Crippen molar-refractivity contribution in [1.29, 1.82) is 0 Å². The molecule has 0 bridgehead atoms. The Labute approximate surface area is 314 Å². The fraction of sp³-hybridized carbons (Fsp3) is 0.762. The Kier molecular flexibility index (Phi) is 30.5. The van der Waals surface area contributed by atoms with Gasteiger partial charge < -0.3 is 39.4 Å². The summed E-state index contributed by atoms with van der Waals surface area (Å²) in [7, 11) is 0. The van der Waals surface area contributed by atoms with Gasteiger partial charge in [-0.25, -0.2) is 0 Å². The van der Waals surface area contributed by atoms with Crippen molar-refractivity contribution in [2.45, 2.75) is 185 Å². The second-order valence-corrected chi connectivity index (χ2v) is 13.7. The summed E-state index contributed by atoms with van der Waals surface area (Å²) in [4.78, 5) is 25.2. The van der Waals surface area contributed by atoms with Crippen molar-refractivity contribution in [3.05, 3.63) is 48.6 Å². The van der Waals surface area contributed by atoms with Crippen molar-refractivity contribution in [1.82, 2.24) is 0 Å². The monoisotopic (exact) mass is 737 g/mol. The van der Waals surface area contributed by atoms with Crippen LogP contribution < -0.4 is 0 Å². The largest absolute Gasteiger partial charge is 0.462 e. The molecule has 2 unspecified atom stereocenters. The van der Waals surface area contributed by atoms with Gasteiger partial charge in [0.2, 0.25) is 0 Å². The third-order valence-electron chi connectivity index (χ3n) is 8.94. The normalized spacial score (nSPS) is 21.5.